The van der Waals surface area contributed by atoms with E-state index in [0.29, 0.717) is 18.0 Å². The summed E-state index contributed by atoms with van der Waals surface area (Å²) in [4.78, 5) is 3.89. The molecule has 0 saturated carbocycles. The van der Waals surface area contributed by atoms with Crippen LogP contribution in [0.2, 0.25) is 0 Å². The summed E-state index contributed by atoms with van der Waals surface area (Å²) in [5.41, 5.74) is 0.359. The van der Waals surface area contributed by atoms with Gasteiger partial charge < -0.3 is 10.1 Å². The fraction of sp³-hybridized carbons (Fsp3) is 0.300. The number of rotatable bonds is 5. The first-order valence-corrected chi connectivity index (χ1v) is 7.17. The van der Waals surface area contributed by atoms with Gasteiger partial charge in [-0.1, -0.05) is 0 Å². The van der Waals surface area contributed by atoms with Gasteiger partial charge in [0.15, 0.2) is 0 Å². The van der Waals surface area contributed by atoms with Crippen LogP contribution in [-0.4, -0.2) is 28.4 Å². The van der Waals surface area contributed by atoms with Gasteiger partial charge in [-0.05, 0) is 19.1 Å². The van der Waals surface area contributed by atoms with Crippen LogP contribution in [0.4, 0.5) is 5.69 Å². The minimum atomic E-state index is -3.84. The third kappa shape index (κ3) is 3.90. The number of hydrogen-bond donors (Lipinski definition) is 1. The van der Waals surface area contributed by atoms with E-state index in [2.05, 4.69) is 10.3 Å². The van der Waals surface area contributed by atoms with E-state index in [1.54, 1.807) is 12.1 Å². The maximum Gasteiger partial charge on any atom is 0.263 e. The largest absolute Gasteiger partial charge is 0.497 e. The van der Waals surface area contributed by atoms with Gasteiger partial charge in [-0.15, -0.1) is 0 Å². The fourth-order valence-electron chi connectivity index (χ4n) is 1.16. The molecule has 0 radical (unpaired) electrons. The summed E-state index contributed by atoms with van der Waals surface area (Å²) < 4.78 is 27.7. The Morgan fingerprint density at radius 2 is 2.24 bits per heavy atom. The number of aliphatic imine (C=N–C) groups is 1. The average molecular weight is 277 g/mol. The first kappa shape index (κ1) is 13.8. The normalized spacial score (nSPS) is 11.7. The monoisotopic (exact) mass is 276 g/mol. The lowest BCUT2D eigenvalue weighted by atomic mass is 10.3. The molecule has 0 aliphatic heterocycles. The molecule has 0 unspecified atom stereocenters. The van der Waals surface area contributed by atoms with E-state index in [4.69, 9.17) is 15.4 Å². The molecule has 0 aromatic heterocycles. The molecular weight excluding hydrogens is 264 g/mol. The standard InChI is InChI=1S/C10H13ClN2O3S/c1-3-12-7-13-9-5-4-8(16-2)6-10(9)17(11,14)15/h4-7H,3H2,1-2H3,(H,12,13). The molecule has 0 aliphatic carbocycles. The van der Waals surface area contributed by atoms with Gasteiger partial charge in [-0.2, -0.15) is 0 Å². The summed E-state index contributed by atoms with van der Waals surface area (Å²) in [5.74, 6) is 0.419. The van der Waals surface area contributed by atoms with E-state index in [-0.39, 0.29) is 4.90 Å². The summed E-state index contributed by atoms with van der Waals surface area (Å²) in [6.45, 7) is 2.47. The molecule has 1 rings (SSSR count). The Morgan fingerprint density at radius 3 is 2.76 bits per heavy atom. The van der Waals surface area contributed by atoms with Crippen LogP contribution in [0.25, 0.3) is 0 Å². The third-order valence-corrected chi connectivity index (χ3v) is 3.31. The van der Waals surface area contributed by atoms with E-state index in [9.17, 15) is 8.42 Å². The Balaban J connectivity index is 3.16. The number of nitrogens with one attached hydrogen (secondary N) is 1. The molecule has 7 heteroatoms. The summed E-state index contributed by atoms with van der Waals surface area (Å²) in [6, 6.07) is 4.55. The number of benzene rings is 1. The van der Waals surface area contributed by atoms with Crippen LogP contribution in [0, 0.1) is 0 Å². The summed E-state index contributed by atoms with van der Waals surface area (Å²) in [6.07, 6.45) is 1.42. The van der Waals surface area contributed by atoms with E-state index in [1.807, 2.05) is 6.92 Å². The molecule has 0 bridgehead atoms. The molecule has 17 heavy (non-hydrogen) atoms. The molecule has 1 aromatic rings. The van der Waals surface area contributed by atoms with E-state index < -0.39 is 9.05 Å². The van der Waals surface area contributed by atoms with Crippen LogP contribution in [0.1, 0.15) is 6.92 Å². The topological polar surface area (TPSA) is 67.8 Å². The number of nitrogens with zero attached hydrogens (tertiary/aromatic N) is 1. The van der Waals surface area contributed by atoms with Gasteiger partial charge in [0.2, 0.25) is 0 Å². The zero-order valence-corrected chi connectivity index (χ0v) is 11.0. The Morgan fingerprint density at radius 1 is 1.53 bits per heavy atom. The minimum Gasteiger partial charge on any atom is -0.497 e. The highest BCUT2D eigenvalue weighted by Crippen LogP contribution is 2.28. The molecule has 0 heterocycles. The number of methoxy groups -OCH3 is 1. The summed E-state index contributed by atoms with van der Waals surface area (Å²) in [7, 11) is 2.95. The molecular formula is C10H13ClN2O3S. The lowest BCUT2D eigenvalue weighted by Crippen LogP contribution is -2.02. The molecule has 0 aliphatic rings. The van der Waals surface area contributed by atoms with Crippen LogP contribution >= 0.6 is 10.7 Å². The molecule has 0 saturated heterocycles. The highest BCUT2D eigenvalue weighted by atomic mass is 35.7. The van der Waals surface area contributed by atoms with Crippen molar-refractivity contribution in [2.24, 2.45) is 4.99 Å². The van der Waals surface area contributed by atoms with Crippen molar-refractivity contribution in [3.8, 4) is 5.75 Å². The quantitative estimate of drug-likeness (QED) is 0.508. The van der Waals surface area contributed by atoms with E-state index in [1.165, 1.54) is 19.5 Å². The van der Waals surface area contributed by atoms with Crippen molar-refractivity contribution in [3.63, 3.8) is 0 Å². The van der Waals surface area contributed by atoms with Crippen molar-refractivity contribution in [2.45, 2.75) is 11.8 Å². The summed E-state index contributed by atoms with van der Waals surface area (Å²) >= 11 is 0. The Labute approximate surface area is 105 Å². The Hall–Kier alpha value is -1.27. The first-order chi connectivity index (χ1) is 7.99. The predicted octanol–water partition coefficient (Wildman–Crippen LogP) is 2.08. The van der Waals surface area contributed by atoms with Crippen LogP contribution < -0.4 is 10.1 Å². The van der Waals surface area contributed by atoms with Crippen LogP contribution in [-0.2, 0) is 9.05 Å². The van der Waals surface area contributed by atoms with Crippen molar-refractivity contribution >= 4 is 31.8 Å². The highest BCUT2D eigenvalue weighted by Gasteiger charge is 2.16. The SMILES string of the molecule is CCN=CNc1ccc(OC)cc1S(=O)(=O)Cl. The van der Waals surface area contributed by atoms with Crippen molar-refractivity contribution in [1.82, 2.24) is 0 Å². The maximum absolute atomic E-state index is 11.4. The number of hydrogen-bond acceptors (Lipinski definition) is 4. The van der Waals surface area contributed by atoms with E-state index in [0.717, 1.165) is 0 Å². The zero-order chi connectivity index (χ0) is 12.9. The number of halogens is 1. The van der Waals surface area contributed by atoms with Crippen molar-refractivity contribution in [3.05, 3.63) is 18.2 Å². The van der Waals surface area contributed by atoms with Gasteiger partial charge >= 0.3 is 0 Å². The van der Waals surface area contributed by atoms with Crippen molar-refractivity contribution in [2.75, 3.05) is 19.0 Å². The van der Waals surface area contributed by atoms with Crippen LogP contribution in [0.3, 0.4) is 0 Å². The Bertz CT molecular complexity index is 514. The molecule has 0 spiro atoms. The first-order valence-electron chi connectivity index (χ1n) is 4.86. The molecule has 1 N–H and O–H groups in total. The van der Waals surface area contributed by atoms with Crippen molar-refractivity contribution in [1.29, 1.82) is 0 Å². The smallest absolute Gasteiger partial charge is 0.263 e. The fourth-order valence-corrected chi connectivity index (χ4v) is 2.19. The van der Waals surface area contributed by atoms with Crippen LogP contribution in [0.15, 0.2) is 28.1 Å². The molecule has 5 nitrogen and oxygen atoms in total. The second-order valence-electron chi connectivity index (χ2n) is 3.07. The molecule has 0 amide bonds. The molecule has 0 fully saturated rings. The summed E-state index contributed by atoms with van der Waals surface area (Å²) in [5, 5.41) is 2.76. The van der Waals surface area contributed by atoms with Gasteiger partial charge in [-0.3, -0.25) is 4.99 Å². The predicted molar refractivity (Wildman–Crippen MR) is 68.7 cm³/mol. The molecule has 0 atom stereocenters. The second-order valence-corrected chi connectivity index (χ2v) is 5.61. The van der Waals surface area contributed by atoms with Gasteiger partial charge in [0.05, 0.1) is 19.1 Å². The molecule has 1 aromatic carbocycles. The second kappa shape index (κ2) is 5.88. The zero-order valence-electron chi connectivity index (χ0n) is 9.47. The highest BCUT2D eigenvalue weighted by molar-refractivity contribution is 8.13. The van der Waals surface area contributed by atoms with Gasteiger partial charge in [-0.25, -0.2) is 8.42 Å². The van der Waals surface area contributed by atoms with Crippen molar-refractivity contribution < 1.29 is 13.2 Å². The van der Waals surface area contributed by atoms with E-state index >= 15 is 0 Å². The maximum atomic E-state index is 11.4. The number of anilines is 1. The lowest BCUT2D eigenvalue weighted by molar-refractivity contribution is 0.413. The van der Waals surface area contributed by atoms with Gasteiger partial charge in [0.25, 0.3) is 9.05 Å². The number of ether oxygens (including phenoxy) is 1. The Kier molecular flexibility index (Phi) is 4.77. The third-order valence-electron chi connectivity index (χ3n) is 1.95. The van der Waals surface area contributed by atoms with Gasteiger partial charge in [0, 0.05) is 23.3 Å². The lowest BCUT2D eigenvalue weighted by Gasteiger charge is -2.08. The van der Waals surface area contributed by atoms with Crippen LogP contribution in [0.5, 0.6) is 5.75 Å². The minimum absolute atomic E-state index is 0.0407. The average Bonchev–Trinajstić information content (AvgIpc) is 2.28. The molecule has 94 valence electrons. The van der Waals surface area contributed by atoms with Gasteiger partial charge in [0.1, 0.15) is 10.6 Å².